The second-order valence-corrected chi connectivity index (χ2v) is 4.96. The Kier molecular flexibility index (Phi) is 6.31. The molecule has 0 fully saturated rings. The molecule has 2 rings (SSSR count). The van der Waals surface area contributed by atoms with Gasteiger partial charge in [0.15, 0.2) is 12.7 Å². The number of nitrogens with one attached hydrogen (secondary N) is 1. The van der Waals surface area contributed by atoms with Crippen LogP contribution in [0.5, 0.6) is 5.75 Å². The van der Waals surface area contributed by atoms with Crippen LogP contribution in [0, 0.1) is 5.82 Å². The third kappa shape index (κ3) is 5.08. The van der Waals surface area contributed by atoms with E-state index in [9.17, 15) is 14.0 Å². The number of benzene rings is 2. The quantitative estimate of drug-likeness (QED) is 0.792. The molecule has 0 aliphatic heterocycles. The Balaban J connectivity index is 1.84. The first-order chi connectivity index (χ1) is 11.6. The van der Waals surface area contributed by atoms with Crippen molar-refractivity contribution in [1.29, 1.82) is 0 Å². The van der Waals surface area contributed by atoms with Crippen molar-refractivity contribution >= 4 is 17.6 Å². The van der Waals surface area contributed by atoms with Gasteiger partial charge in [-0.25, -0.2) is 9.18 Å². The number of amides is 1. The SMILES string of the molecule is CCC(Oc1ccccc1)C(=O)OCC(=O)Nc1ccccc1F. The Morgan fingerprint density at radius 2 is 1.75 bits per heavy atom. The number of esters is 1. The number of hydrogen-bond acceptors (Lipinski definition) is 4. The Morgan fingerprint density at radius 3 is 2.42 bits per heavy atom. The van der Waals surface area contributed by atoms with Crippen LogP contribution in [0.2, 0.25) is 0 Å². The zero-order valence-corrected chi connectivity index (χ0v) is 13.2. The van der Waals surface area contributed by atoms with Crippen molar-refractivity contribution in [2.75, 3.05) is 11.9 Å². The van der Waals surface area contributed by atoms with Crippen LogP contribution in [0.1, 0.15) is 13.3 Å². The van der Waals surface area contributed by atoms with E-state index in [1.165, 1.54) is 18.2 Å². The van der Waals surface area contributed by atoms with E-state index in [0.717, 1.165) is 0 Å². The number of carbonyl (C=O) groups excluding carboxylic acids is 2. The molecule has 5 nitrogen and oxygen atoms in total. The Hall–Kier alpha value is -2.89. The zero-order chi connectivity index (χ0) is 17.4. The summed E-state index contributed by atoms with van der Waals surface area (Å²) in [6, 6.07) is 14.6. The van der Waals surface area contributed by atoms with Crippen LogP contribution in [0.4, 0.5) is 10.1 Å². The van der Waals surface area contributed by atoms with E-state index >= 15 is 0 Å². The molecule has 1 unspecified atom stereocenters. The molecule has 0 saturated heterocycles. The summed E-state index contributed by atoms with van der Waals surface area (Å²) < 4.78 is 23.9. The highest BCUT2D eigenvalue weighted by atomic mass is 19.1. The van der Waals surface area contributed by atoms with Gasteiger partial charge in [-0.2, -0.15) is 0 Å². The fraction of sp³-hybridized carbons (Fsp3) is 0.222. The maximum atomic E-state index is 13.4. The van der Waals surface area contributed by atoms with E-state index in [-0.39, 0.29) is 5.69 Å². The third-order valence-corrected chi connectivity index (χ3v) is 3.15. The largest absolute Gasteiger partial charge is 0.479 e. The number of hydrogen-bond donors (Lipinski definition) is 1. The van der Waals surface area contributed by atoms with Crippen molar-refractivity contribution in [3.05, 3.63) is 60.4 Å². The van der Waals surface area contributed by atoms with Crippen molar-refractivity contribution < 1.29 is 23.5 Å². The Bertz CT molecular complexity index is 690. The molecule has 0 spiro atoms. The summed E-state index contributed by atoms with van der Waals surface area (Å²) in [7, 11) is 0. The highest BCUT2D eigenvalue weighted by Gasteiger charge is 2.21. The van der Waals surface area contributed by atoms with Crippen LogP contribution < -0.4 is 10.1 Å². The molecule has 6 heteroatoms. The molecule has 0 aliphatic rings. The molecule has 0 aliphatic carbocycles. The van der Waals surface area contributed by atoms with Crippen molar-refractivity contribution in [2.24, 2.45) is 0 Å². The highest BCUT2D eigenvalue weighted by molar-refractivity contribution is 5.93. The van der Waals surface area contributed by atoms with Gasteiger partial charge in [-0.1, -0.05) is 37.3 Å². The number of halogens is 1. The summed E-state index contributed by atoms with van der Waals surface area (Å²) >= 11 is 0. The fourth-order valence-electron chi connectivity index (χ4n) is 1.94. The summed E-state index contributed by atoms with van der Waals surface area (Å²) in [6.45, 7) is 1.26. The van der Waals surface area contributed by atoms with E-state index in [1.807, 2.05) is 6.07 Å². The first-order valence-electron chi connectivity index (χ1n) is 7.53. The average molecular weight is 331 g/mol. The van der Waals surface area contributed by atoms with Crippen molar-refractivity contribution in [3.8, 4) is 5.75 Å². The smallest absolute Gasteiger partial charge is 0.347 e. The highest BCUT2D eigenvalue weighted by Crippen LogP contribution is 2.14. The average Bonchev–Trinajstić information content (AvgIpc) is 2.60. The molecule has 126 valence electrons. The molecule has 0 bridgehead atoms. The minimum absolute atomic E-state index is 0.0335. The minimum Gasteiger partial charge on any atom is -0.479 e. The molecular weight excluding hydrogens is 313 g/mol. The lowest BCUT2D eigenvalue weighted by molar-refractivity contribution is -0.154. The molecule has 2 aromatic rings. The normalized spacial score (nSPS) is 11.4. The summed E-state index contributed by atoms with van der Waals surface area (Å²) in [5.41, 5.74) is 0.0335. The van der Waals surface area contributed by atoms with Crippen LogP contribution in [0.15, 0.2) is 54.6 Å². The molecule has 1 amide bonds. The summed E-state index contributed by atoms with van der Waals surface area (Å²) in [4.78, 5) is 23.7. The van der Waals surface area contributed by atoms with Crippen molar-refractivity contribution in [1.82, 2.24) is 0 Å². The van der Waals surface area contributed by atoms with Crippen LogP contribution in [-0.4, -0.2) is 24.6 Å². The minimum atomic E-state index is -0.811. The number of carbonyl (C=O) groups is 2. The molecule has 0 saturated carbocycles. The molecule has 0 aromatic heterocycles. The maximum Gasteiger partial charge on any atom is 0.347 e. The first kappa shape index (κ1) is 17.5. The van der Waals surface area contributed by atoms with E-state index in [2.05, 4.69) is 5.32 Å². The van der Waals surface area contributed by atoms with Gasteiger partial charge in [0.25, 0.3) is 5.91 Å². The van der Waals surface area contributed by atoms with Gasteiger partial charge >= 0.3 is 5.97 Å². The third-order valence-electron chi connectivity index (χ3n) is 3.15. The van der Waals surface area contributed by atoms with Crippen molar-refractivity contribution in [2.45, 2.75) is 19.4 Å². The molecule has 2 aromatic carbocycles. The van der Waals surface area contributed by atoms with E-state index in [0.29, 0.717) is 12.2 Å². The zero-order valence-electron chi connectivity index (χ0n) is 13.2. The summed E-state index contributed by atoms with van der Waals surface area (Å²) in [6.07, 6.45) is -0.420. The van der Waals surface area contributed by atoms with E-state index in [1.54, 1.807) is 37.3 Å². The van der Waals surface area contributed by atoms with Gasteiger partial charge in [-0.3, -0.25) is 4.79 Å². The second-order valence-electron chi connectivity index (χ2n) is 4.96. The topological polar surface area (TPSA) is 64.6 Å². The number of ether oxygens (including phenoxy) is 2. The molecule has 24 heavy (non-hydrogen) atoms. The lowest BCUT2D eigenvalue weighted by Gasteiger charge is -2.16. The molecule has 0 heterocycles. The number of rotatable bonds is 7. The monoisotopic (exact) mass is 331 g/mol. The Labute approximate surface area is 139 Å². The standard InChI is InChI=1S/C18H18FNO4/c1-2-16(24-13-8-4-3-5-9-13)18(22)23-12-17(21)20-15-11-7-6-10-14(15)19/h3-11,16H,2,12H2,1H3,(H,20,21). The number of para-hydroxylation sites is 2. The van der Waals surface area contributed by atoms with Crippen molar-refractivity contribution in [3.63, 3.8) is 0 Å². The summed E-state index contributed by atoms with van der Waals surface area (Å²) in [5.74, 6) is -1.29. The maximum absolute atomic E-state index is 13.4. The van der Waals surface area contributed by atoms with Crippen LogP contribution in [0.25, 0.3) is 0 Å². The molecule has 0 radical (unpaired) electrons. The lowest BCUT2D eigenvalue weighted by Crippen LogP contribution is -2.31. The van der Waals surface area contributed by atoms with Gasteiger partial charge in [0.05, 0.1) is 5.69 Å². The fourth-order valence-corrected chi connectivity index (χ4v) is 1.94. The predicted octanol–water partition coefficient (Wildman–Crippen LogP) is 3.17. The van der Waals surface area contributed by atoms with Crippen LogP contribution in [-0.2, 0) is 14.3 Å². The Morgan fingerprint density at radius 1 is 1.08 bits per heavy atom. The summed E-state index contributed by atoms with van der Waals surface area (Å²) in [5, 5.41) is 2.34. The molecule has 1 atom stereocenters. The number of anilines is 1. The van der Waals surface area contributed by atoms with E-state index < -0.39 is 30.4 Å². The van der Waals surface area contributed by atoms with Gasteiger partial charge in [0, 0.05) is 0 Å². The molecular formula is C18H18FNO4. The van der Waals surface area contributed by atoms with Gasteiger partial charge in [0.1, 0.15) is 11.6 Å². The van der Waals surface area contributed by atoms with Gasteiger partial charge in [-0.15, -0.1) is 0 Å². The molecule has 1 N–H and O–H groups in total. The van der Waals surface area contributed by atoms with Gasteiger partial charge < -0.3 is 14.8 Å². The predicted molar refractivity (Wildman–Crippen MR) is 87.1 cm³/mol. The van der Waals surface area contributed by atoms with Crippen LogP contribution in [0.3, 0.4) is 0 Å². The van der Waals surface area contributed by atoms with Gasteiger partial charge in [0.2, 0.25) is 0 Å². The second kappa shape index (κ2) is 8.67. The van der Waals surface area contributed by atoms with Crippen LogP contribution >= 0.6 is 0 Å². The lowest BCUT2D eigenvalue weighted by atomic mass is 10.2. The van der Waals surface area contributed by atoms with Gasteiger partial charge in [-0.05, 0) is 30.7 Å². The first-order valence-corrected chi connectivity index (χ1v) is 7.53. The van der Waals surface area contributed by atoms with E-state index in [4.69, 9.17) is 9.47 Å².